The minimum atomic E-state index is 0.143. The Bertz CT molecular complexity index is 911. The molecule has 136 valence electrons. The van der Waals surface area contributed by atoms with Gasteiger partial charge in [-0.05, 0) is 63.0 Å². The van der Waals surface area contributed by atoms with Crippen LogP contribution in [0.3, 0.4) is 0 Å². The van der Waals surface area contributed by atoms with Crippen LogP contribution in [0, 0.1) is 0 Å². The summed E-state index contributed by atoms with van der Waals surface area (Å²) < 4.78 is 4.18. The van der Waals surface area contributed by atoms with Crippen LogP contribution >= 0.6 is 0 Å². The van der Waals surface area contributed by atoms with E-state index in [1.165, 1.54) is 53.9 Å². The van der Waals surface area contributed by atoms with Crippen LogP contribution in [0.2, 0.25) is 0 Å². The summed E-state index contributed by atoms with van der Waals surface area (Å²) in [6.07, 6.45) is 16.3. The van der Waals surface area contributed by atoms with Crippen LogP contribution < -0.4 is 5.32 Å². The number of fused-ring (bicyclic) bond motifs is 2. The van der Waals surface area contributed by atoms with Crippen LogP contribution in [0.5, 0.6) is 0 Å². The zero-order chi connectivity index (χ0) is 17.7. The van der Waals surface area contributed by atoms with Crippen molar-refractivity contribution in [2.24, 2.45) is 14.1 Å². The fraction of sp³-hybridized carbons (Fsp3) is 0.524. The van der Waals surface area contributed by atoms with E-state index < -0.39 is 0 Å². The lowest BCUT2D eigenvalue weighted by Gasteiger charge is -2.22. The fourth-order valence-corrected chi connectivity index (χ4v) is 4.88. The first-order chi connectivity index (χ1) is 12.7. The Balaban J connectivity index is 1.48. The molecule has 1 N–H and O–H groups in total. The second-order valence-electron chi connectivity index (χ2n) is 7.83. The van der Waals surface area contributed by atoms with Gasteiger partial charge in [0.1, 0.15) is 5.69 Å². The summed E-state index contributed by atoms with van der Waals surface area (Å²) in [5.74, 6) is 0. The largest absolute Gasteiger partial charge is 0.371 e. The number of allylic oxidation sites excluding steroid dienone is 2. The van der Waals surface area contributed by atoms with Gasteiger partial charge in [0, 0.05) is 31.0 Å². The minimum Gasteiger partial charge on any atom is -0.371 e. The van der Waals surface area contributed by atoms with Gasteiger partial charge in [-0.15, -0.1) is 0 Å². The number of dihydropyridines is 1. The first-order valence-corrected chi connectivity index (χ1v) is 9.97. The number of hydrogen-bond donors (Lipinski definition) is 1. The van der Waals surface area contributed by atoms with Crippen molar-refractivity contribution < 1.29 is 0 Å². The van der Waals surface area contributed by atoms with Crippen LogP contribution in [-0.4, -0.2) is 19.6 Å². The second kappa shape index (κ2) is 6.15. The lowest BCUT2D eigenvalue weighted by atomic mass is 9.92. The van der Waals surface area contributed by atoms with Crippen LogP contribution in [0.15, 0.2) is 18.2 Å². The van der Waals surface area contributed by atoms with Gasteiger partial charge in [-0.1, -0.05) is 12.2 Å². The summed E-state index contributed by atoms with van der Waals surface area (Å²) >= 11 is 0. The highest BCUT2D eigenvalue weighted by atomic mass is 15.3. The molecule has 2 aliphatic carbocycles. The van der Waals surface area contributed by atoms with E-state index in [2.05, 4.69) is 47.0 Å². The predicted molar refractivity (Wildman–Crippen MR) is 103 cm³/mol. The van der Waals surface area contributed by atoms with Gasteiger partial charge in [-0.2, -0.15) is 10.2 Å². The Kier molecular flexibility index (Phi) is 3.76. The minimum absolute atomic E-state index is 0.143. The Morgan fingerprint density at radius 3 is 2.35 bits per heavy atom. The Morgan fingerprint density at radius 2 is 1.54 bits per heavy atom. The van der Waals surface area contributed by atoms with Crippen LogP contribution in [-0.2, 0) is 39.8 Å². The molecule has 0 saturated heterocycles. The highest BCUT2D eigenvalue weighted by molar-refractivity contribution is 5.68. The van der Waals surface area contributed by atoms with Gasteiger partial charge in [-0.25, -0.2) is 0 Å². The van der Waals surface area contributed by atoms with Crippen LogP contribution in [0.25, 0.3) is 5.70 Å². The smallest absolute Gasteiger partial charge is 0.112 e. The van der Waals surface area contributed by atoms with E-state index in [4.69, 9.17) is 10.2 Å². The van der Waals surface area contributed by atoms with Gasteiger partial charge < -0.3 is 5.32 Å². The summed E-state index contributed by atoms with van der Waals surface area (Å²) in [7, 11) is 4.17. The molecule has 0 spiro atoms. The van der Waals surface area contributed by atoms with Crippen molar-refractivity contribution in [1.82, 2.24) is 24.9 Å². The van der Waals surface area contributed by atoms with E-state index in [0.29, 0.717) is 0 Å². The third-order valence-electron chi connectivity index (χ3n) is 6.19. The molecule has 3 heterocycles. The molecule has 5 heteroatoms. The third kappa shape index (κ3) is 2.44. The van der Waals surface area contributed by atoms with E-state index in [9.17, 15) is 0 Å². The predicted octanol–water partition coefficient (Wildman–Crippen LogP) is 3.15. The van der Waals surface area contributed by atoms with Crippen molar-refractivity contribution >= 4 is 5.70 Å². The summed E-state index contributed by atoms with van der Waals surface area (Å²) in [6, 6.07) is 0.143. The molecule has 5 rings (SSSR count). The SMILES string of the molecule is Cn1nc(C2=CC=CC(c3nn(C)c4c3CCCC4)N2)c2c1CCCC2. The van der Waals surface area contributed by atoms with E-state index >= 15 is 0 Å². The number of hydrogen-bond acceptors (Lipinski definition) is 3. The average molecular weight is 349 g/mol. The van der Waals surface area contributed by atoms with Crippen LogP contribution in [0.1, 0.15) is 65.6 Å². The van der Waals surface area contributed by atoms with E-state index in [-0.39, 0.29) is 6.04 Å². The molecule has 1 aliphatic heterocycles. The Hall–Kier alpha value is -2.30. The van der Waals surface area contributed by atoms with Gasteiger partial charge >= 0.3 is 0 Å². The number of rotatable bonds is 2. The molecular weight excluding hydrogens is 322 g/mol. The summed E-state index contributed by atoms with van der Waals surface area (Å²) in [5.41, 5.74) is 9.23. The quantitative estimate of drug-likeness (QED) is 0.906. The topological polar surface area (TPSA) is 47.7 Å². The first-order valence-electron chi connectivity index (χ1n) is 9.97. The van der Waals surface area contributed by atoms with Crippen molar-refractivity contribution in [3.63, 3.8) is 0 Å². The molecule has 1 atom stereocenters. The monoisotopic (exact) mass is 349 g/mol. The molecular formula is C21H27N5. The highest BCUT2D eigenvalue weighted by Gasteiger charge is 2.27. The van der Waals surface area contributed by atoms with E-state index in [1.807, 2.05) is 0 Å². The molecule has 5 nitrogen and oxygen atoms in total. The fourth-order valence-electron chi connectivity index (χ4n) is 4.88. The van der Waals surface area contributed by atoms with Crippen molar-refractivity contribution in [3.8, 4) is 0 Å². The number of nitrogens with zero attached hydrogens (tertiary/aromatic N) is 4. The summed E-state index contributed by atoms with van der Waals surface area (Å²) in [6.45, 7) is 0. The Morgan fingerprint density at radius 1 is 0.885 bits per heavy atom. The molecule has 26 heavy (non-hydrogen) atoms. The zero-order valence-electron chi connectivity index (χ0n) is 15.8. The van der Waals surface area contributed by atoms with Crippen molar-refractivity contribution in [1.29, 1.82) is 0 Å². The highest BCUT2D eigenvalue weighted by Crippen LogP contribution is 2.33. The van der Waals surface area contributed by atoms with Gasteiger partial charge in [0.05, 0.1) is 17.4 Å². The maximum Gasteiger partial charge on any atom is 0.112 e. The standard InChI is InChI=1S/C21H27N5/c1-25-18-12-5-3-8-14(18)20(23-25)16-10-7-11-17(22-16)21-15-9-4-6-13-19(15)26(2)24-21/h7,10-11,16,22H,3-6,8-9,12-13H2,1-2H3. The van der Waals surface area contributed by atoms with Crippen molar-refractivity contribution in [2.45, 2.75) is 57.4 Å². The molecule has 2 aromatic rings. The van der Waals surface area contributed by atoms with Gasteiger partial charge in [-0.3, -0.25) is 9.36 Å². The summed E-state index contributed by atoms with van der Waals surface area (Å²) in [5, 5.41) is 13.5. The van der Waals surface area contributed by atoms with Crippen molar-refractivity contribution in [2.75, 3.05) is 0 Å². The average Bonchev–Trinajstić information content (AvgIpc) is 3.20. The molecule has 0 amide bonds. The second-order valence-corrected chi connectivity index (χ2v) is 7.83. The van der Waals surface area contributed by atoms with E-state index in [1.54, 1.807) is 0 Å². The van der Waals surface area contributed by atoms with E-state index in [0.717, 1.165) is 37.1 Å². The summed E-state index contributed by atoms with van der Waals surface area (Å²) in [4.78, 5) is 0. The molecule has 0 saturated carbocycles. The normalized spacial score (nSPS) is 21.8. The molecule has 0 bridgehead atoms. The van der Waals surface area contributed by atoms with Gasteiger partial charge in [0.25, 0.3) is 0 Å². The van der Waals surface area contributed by atoms with Crippen molar-refractivity contribution in [3.05, 3.63) is 52.1 Å². The number of nitrogens with one attached hydrogen (secondary N) is 1. The molecule has 1 unspecified atom stereocenters. The lowest BCUT2D eigenvalue weighted by molar-refractivity contribution is 0.625. The zero-order valence-corrected chi connectivity index (χ0v) is 15.8. The van der Waals surface area contributed by atoms with Crippen LogP contribution in [0.4, 0.5) is 0 Å². The molecule has 0 radical (unpaired) electrons. The number of aryl methyl sites for hydroxylation is 2. The molecule has 3 aliphatic rings. The molecule has 0 fully saturated rings. The van der Waals surface area contributed by atoms with Gasteiger partial charge in [0.15, 0.2) is 0 Å². The lowest BCUT2D eigenvalue weighted by Crippen LogP contribution is -2.23. The maximum absolute atomic E-state index is 4.89. The molecule has 0 aromatic carbocycles. The number of aromatic nitrogens is 4. The van der Waals surface area contributed by atoms with Gasteiger partial charge in [0.2, 0.25) is 0 Å². The molecule has 2 aromatic heterocycles. The first kappa shape index (κ1) is 15.9. The Labute approximate surface area is 154 Å². The third-order valence-corrected chi connectivity index (χ3v) is 6.19. The maximum atomic E-state index is 4.89.